The Balaban J connectivity index is 2.15. The summed E-state index contributed by atoms with van der Waals surface area (Å²) in [5.41, 5.74) is 0.224. The van der Waals surface area contributed by atoms with Crippen LogP contribution in [0.4, 0.5) is 0 Å². The molecule has 124 valence electrons. The second-order valence-corrected chi connectivity index (χ2v) is 7.46. The minimum atomic E-state index is -3.53. The highest BCUT2D eigenvalue weighted by Crippen LogP contribution is 2.21. The molecule has 0 bridgehead atoms. The molecule has 1 unspecified atom stereocenters. The Labute approximate surface area is 136 Å². The molecular formula is C16H20N2O4S. The van der Waals surface area contributed by atoms with Crippen LogP contribution < -0.4 is 0 Å². The number of nitrogens with zero attached hydrogens (tertiary/aromatic N) is 2. The van der Waals surface area contributed by atoms with Crippen LogP contribution in [0, 0.1) is 11.3 Å². The average molecular weight is 336 g/mol. The van der Waals surface area contributed by atoms with Crippen molar-refractivity contribution >= 4 is 16.0 Å². The molecule has 1 aromatic carbocycles. The fourth-order valence-corrected chi connectivity index (χ4v) is 3.97. The third kappa shape index (κ3) is 4.30. The molecule has 0 aliphatic carbocycles. The molecule has 1 heterocycles. The van der Waals surface area contributed by atoms with E-state index in [0.29, 0.717) is 13.1 Å². The van der Waals surface area contributed by atoms with Gasteiger partial charge in [0.25, 0.3) is 0 Å². The summed E-state index contributed by atoms with van der Waals surface area (Å²) in [6.07, 6.45) is 3.00. The topological polar surface area (TPSA) is 87.5 Å². The minimum absolute atomic E-state index is 0.171. The van der Waals surface area contributed by atoms with Gasteiger partial charge in [-0.3, -0.25) is 0 Å². The quantitative estimate of drug-likeness (QED) is 0.787. The van der Waals surface area contributed by atoms with Crippen LogP contribution in [0.1, 0.15) is 43.0 Å². The van der Waals surface area contributed by atoms with Gasteiger partial charge >= 0.3 is 5.97 Å². The van der Waals surface area contributed by atoms with Crippen LogP contribution in [0.25, 0.3) is 0 Å². The highest BCUT2D eigenvalue weighted by Gasteiger charge is 2.25. The summed E-state index contributed by atoms with van der Waals surface area (Å²) in [5.74, 6) is -0.641. The van der Waals surface area contributed by atoms with Gasteiger partial charge < -0.3 is 4.74 Å². The van der Waals surface area contributed by atoms with E-state index in [-0.39, 0.29) is 10.5 Å². The number of hydrogen-bond acceptors (Lipinski definition) is 5. The van der Waals surface area contributed by atoms with Crippen LogP contribution in [-0.2, 0) is 14.8 Å². The standard InChI is InChI=1S/C16H20N2O4S/c1-13(12-17)22-16(19)14-6-8-15(9-7-14)23(20,21)18-10-4-2-3-5-11-18/h6-9,13H,2-5,10-11H2,1H3. The maximum atomic E-state index is 12.6. The van der Waals surface area contributed by atoms with Crippen molar-refractivity contribution in [1.29, 1.82) is 5.26 Å². The number of hydrogen-bond donors (Lipinski definition) is 0. The molecule has 1 saturated heterocycles. The molecule has 1 fully saturated rings. The number of nitriles is 1. The Morgan fingerprint density at radius 3 is 2.26 bits per heavy atom. The van der Waals surface area contributed by atoms with Crippen molar-refractivity contribution < 1.29 is 17.9 Å². The third-order valence-corrected chi connectivity index (χ3v) is 5.67. The lowest BCUT2D eigenvalue weighted by molar-refractivity contribution is 0.0435. The fraction of sp³-hybridized carbons (Fsp3) is 0.500. The van der Waals surface area contributed by atoms with Crippen molar-refractivity contribution in [3.63, 3.8) is 0 Å². The molecule has 0 aromatic heterocycles. The van der Waals surface area contributed by atoms with Crippen LogP contribution in [0.5, 0.6) is 0 Å². The third-order valence-electron chi connectivity index (χ3n) is 3.76. The monoisotopic (exact) mass is 336 g/mol. The average Bonchev–Trinajstić information content (AvgIpc) is 2.84. The molecule has 0 saturated carbocycles. The number of ether oxygens (including phenoxy) is 1. The molecule has 6 nitrogen and oxygen atoms in total. The molecule has 1 atom stereocenters. The van der Waals surface area contributed by atoms with Gasteiger partial charge in [-0.2, -0.15) is 9.57 Å². The van der Waals surface area contributed by atoms with E-state index in [0.717, 1.165) is 25.7 Å². The van der Waals surface area contributed by atoms with Gasteiger partial charge in [-0.15, -0.1) is 0 Å². The molecule has 2 rings (SSSR count). The highest BCUT2D eigenvalue weighted by molar-refractivity contribution is 7.89. The van der Waals surface area contributed by atoms with Crippen LogP contribution in [-0.4, -0.2) is 37.9 Å². The van der Waals surface area contributed by atoms with Gasteiger partial charge in [0, 0.05) is 13.1 Å². The summed E-state index contributed by atoms with van der Waals surface area (Å²) >= 11 is 0. The van der Waals surface area contributed by atoms with Gasteiger partial charge in [-0.1, -0.05) is 12.8 Å². The molecule has 0 N–H and O–H groups in total. The first-order chi connectivity index (χ1) is 10.9. The van der Waals surface area contributed by atoms with E-state index in [2.05, 4.69) is 0 Å². The minimum Gasteiger partial charge on any atom is -0.444 e. The van der Waals surface area contributed by atoms with E-state index >= 15 is 0 Å². The van der Waals surface area contributed by atoms with Gasteiger partial charge in [0.05, 0.1) is 10.5 Å². The lowest BCUT2D eigenvalue weighted by Gasteiger charge is -2.20. The normalized spacial score (nSPS) is 17.7. The molecule has 1 aromatic rings. The van der Waals surface area contributed by atoms with Crippen molar-refractivity contribution in [3.8, 4) is 6.07 Å². The molecule has 1 aliphatic heterocycles. The Kier molecular flexibility index (Phi) is 5.74. The number of carbonyl (C=O) groups is 1. The molecular weight excluding hydrogens is 316 g/mol. The molecule has 23 heavy (non-hydrogen) atoms. The molecule has 0 spiro atoms. The van der Waals surface area contributed by atoms with E-state index in [1.54, 1.807) is 6.07 Å². The summed E-state index contributed by atoms with van der Waals surface area (Å²) in [6, 6.07) is 7.45. The zero-order valence-electron chi connectivity index (χ0n) is 13.1. The van der Waals surface area contributed by atoms with E-state index in [1.165, 1.54) is 35.5 Å². The highest BCUT2D eigenvalue weighted by atomic mass is 32.2. The summed E-state index contributed by atoms with van der Waals surface area (Å²) in [5, 5.41) is 8.64. The first-order valence-corrected chi connectivity index (χ1v) is 9.10. The smallest absolute Gasteiger partial charge is 0.339 e. The maximum Gasteiger partial charge on any atom is 0.339 e. The van der Waals surface area contributed by atoms with Crippen molar-refractivity contribution in [3.05, 3.63) is 29.8 Å². The number of carbonyl (C=O) groups excluding carboxylic acids is 1. The molecule has 0 amide bonds. The Bertz CT molecular complexity index is 684. The summed E-state index contributed by atoms with van der Waals surface area (Å²) in [7, 11) is -3.53. The summed E-state index contributed by atoms with van der Waals surface area (Å²) < 4.78 is 31.6. The zero-order valence-corrected chi connectivity index (χ0v) is 13.9. The van der Waals surface area contributed by atoms with Gasteiger partial charge in [0.2, 0.25) is 10.0 Å². The van der Waals surface area contributed by atoms with Gasteiger partial charge in [0.15, 0.2) is 6.10 Å². The van der Waals surface area contributed by atoms with Gasteiger partial charge in [0.1, 0.15) is 6.07 Å². The van der Waals surface area contributed by atoms with Crippen LogP contribution in [0.2, 0.25) is 0 Å². The summed E-state index contributed by atoms with van der Waals surface area (Å²) in [6.45, 7) is 2.54. The van der Waals surface area contributed by atoms with E-state index in [1.807, 2.05) is 0 Å². The predicted octanol–water partition coefficient (Wildman–Crippen LogP) is 2.32. The second-order valence-electron chi connectivity index (χ2n) is 5.52. The van der Waals surface area contributed by atoms with Gasteiger partial charge in [-0.05, 0) is 44.0 Å². The number of sulfonamides is 1. The maximum absolute atomic E-state index is 12.6. The van der Waals surface area contributed by atoms with E-state index < -0.39 is 22.1 Å². The van der Waals surface area contributed by atoms with Crippen molar-refractivity contribution in [2.75, 3.05) is 13.1 Å². The zero-order chi connectivity index (χ0) is 16.9. The van der Waals surface area contributed by atoms with Crippen LogP contribution >= 0.6 is 0 Å². The lowest BCUT2D eigenvalue weighted by Crippen LogP contribution is -2.31. The number of benzene rings is 1. The number of esters is 1. The summed E-state index contributed by atoms with van der Waals surface area (Å²) in [4.78, 5) is 12.0. The molecule has 1 aliphatic rings. The second kappa shape index (κ2) is 7.57. The molecule has 0 radical (unpaired) electrons. The Morgan fingerprint density at radius 1 is 1.17 bits per heavy atom. The van der Waals surface area contributed by atoms with E-state index in [9.17, 15) is 13.2 Å². The SMILES string of the molecule is CC(C#N)OC(=O)c1ccc(S(=O)(=O)N2CCCCCC2)cc1. The van der Waals surface area contributed by atoms with Crippen molar-refractivity contribution in [2.24, 2.45) is 0 Å². The largest absolute Gasteiger partial charge is 0.444 e. The van der Waals surface area contributed by atoms with Gasteiger partial charge in [-0.25, -0.2) is 13.2 Å². The van der Waals surface area contributed by atoms with Crippen molar-refractivity contribution in [1.82, 2.24) is 4.31 Å². The lowest BCUT2D eigenvalue weighted by atomic mass is 10.2. The predicted molar refractivity (Wildman–Crippen MR) is 84.2 cm³/mol. The number of rotatable bonds is 4. The van der Waals surface area contributed by atoms with E-state index in [4.69, 9.17) is 10.00 Å². The molecule has 7 heteroatoms. The van der Waals surface area contributed by atoms with Crippen LogP contribution in [0.3, 0.4) is 0 Å². The Morgan fingerprint density at radius 2 is 1.74 bits per heavy atom. The van der Waals surface area contributed by atoms with Crippen molar-refractivity contribution in [2.45, 2.75) is 43.6 Å². The first kappa shape index (κ1) is 17.4. The van der Waals surface area contributed by atoms with Crippen LogP contribution in [0.15, 0.2) is 29.2 Å². The fourth-order valence-electron chi connectivity index (χ4n) is 2.45. The first-order valence-electron chi connectivity index (χ1n) is 7.66. The Hall–Kier alpha value is -1.91.